The lowest BCUT2D eigenvalue weighted by atomic mass is 10.0. The molecule has 1 aromatic rings. The van der Waals surface area contributed by atoms with Gasteiger partial charge in [-0.2, -0.15) is 0 Å². The fourth-order valence-electron chi connectivity index (χ4n) is 1.80. The van der Waals surface area contributed by atoms with Crippen molar-refractivity contribution >= 4 is 5.69 Å². The number of anilines is 1. The second-order valence-electron chi connectivity index (χ2n) is 3.58. The number of phenols is 1. The van der Waals surface area contributed by atoms with E-state index in [4.69, 9.17) is 0 Å². The van der Waals surface area contributed by atoms with Crippen LogP contribution in [-0.4, -0.2) is 11.7 Å². The van der Waals surface area contributed by atoms with Crippen LogP contribution in [0.25, 0.3) is 0 Å². The Bertz CT molecular complexity index is 296. The van der Waals surface area contributed by atoms with Gasteiger partial charge < -0.3 is 10.4 Å². The number of hydrogen-bond acceptors (Lipinski definition) is 2. The van der Waals surface area contributed by atoms with Crippen molar-refractivity contribution in [1.29, 1.82) is 0 Å². The highest BCUT2D eigenvalue weighted by Crippen LogP contribution is 2.24. The highest BCUT2D eigenvalue weighted by atomic mass is 16.3. The molecule has 1 heterocycles. The van der Waals surface area contributed by atoms with Gasteiger partial charge in [0.05, 0.1) is 0 Å². The highest BCUT2D eigenvalue weighted by Gasteiger charge is 2.05. The third-order valence-corrected chi connectivity index (χ3v) is 2.53. The van der Waals surface area contributed by atoms with Gasteiger partial charge in [-0.3, -0.25) is 0 Å². The SMILES string of the molecule is Oc1ccc2c(c1)CCCCCN2. The first-order valence-corrected chi connectivity index (χ1v) is 4.92. The number of aryl methyl sites for hydroxylation is 1. The smallest absolute Gasteiger partial charge is 0.116 e. The van der Waals surface area contributed by atoms with E-state index in [1.54, 1.807) is 6.07 Å². The van der Waals surface area contributed by atoms with Crippen molar-refractivity contribution in [3.63, 3.8) is 0 Å². The Labute approximate surface area is 78.6 Å². The summed E-state index contributed by atoms with van der Waals surface area (Å²) >= 11 is 0. The van der Waals surface area contributed by atoms with E-state index in [2.05, 4.69) is 5.32 Å². The first-order valence-electron chi connectivity index (χ1n) is 4.92. The molecule has 0 aromatic heterocycles. The Morgan fingerprint density at radius 1 is 1.15 bits per heavy atom. The van der Waals surface area contributed by atoms with Gasteiger partial charge in [-0.1, -0.05) is 6.42 Å². The molecule has 0 spiro atoms. The quantitative estimate of drug-likeness (QED) is 0.597. The van der Waals surface area contributed by atoms with Crippen molar-refractivity contribution in [3.05, 3.63) is 23.8 Å². The number of aromatic hydroxyl groups is 1. The molecule has 0 radical (unpaired) electrons. The predicted octanol–water partition coefficient (Wildman–Crippen LogP) is 2.53. The third-order valence-electron chi connectivity index (χ3n) is 2.53. The number of fused-ring (bicyclic) bond motifs is 1. The zero-order valence-corrected chi connectivity index (χ0v) is 7.71. The maximum atomic E-state index is 9.32. The summed E-state index contributed by atoms with van der Waals surface area (Å²) < 4.78 is 0. The van der Waals surface area contributed by atoms with Crippen molar-refractivity contribution in [2.75, 3.05) is 11.9 Å². The molecule has 0 atom stereocenters. The Kier molecular flexibility index (Phi) is 2.39. The number of rotatable bonds is 0. The van der Waals surface area contributed by atoms with E-state index in [1.807, 2.05) is 12.1 Å². The molecule has 1 aliphatic rings. The standard InChI is InChI=1S/C11H15NO/c13-10-5-6-11-9(8-10)4-2-1-3-7-12-11/h5-6,8,12-13H,1-4,7H2. The maximum Gasteiger partial charge on any atom is 0.116 e. The monoisotopic (exact) mass is 177 g/mol. The summed E-state index contributed by atoms with van der Waals surface area (Å²) in [6.45, 7) is 1.05. The van der Waals surface area contributed by atoms with E-state index < -0.39 is 0 Å². The lowest BCUT2D eigenvalue weighted by Crippen LogP contribution is -2.07. The molecule has 0 saturated heterocycles. The molecule has 0 bridgehead atoms. The number of hydrogen-bond donors (Lipinski definition) is 2. The molecule has 0 unspecified atom stereocenters. The van der Waals surface area contributed by atoms with Crippen LogP contribution in [0.5, 0.6) is 5.75 Å². The molecule has 0 saturated carbocycles. The zero-order chi connectivity index (χ0) is 9.10. The molecule has 2 rings (SSSR count). The average Bonchev–Trinajstić information content (AvgIpc) is 2.08. The summed E-state index contributed by atoms with van der Waals surface area (Å²) in [5, 5.41) is 12.7. The van der Waals surface area contributed by atoms with Crippen LogP contribution in [0.4, 0.5) is 5.69 Å². The van der Waals surface area contributed by atoms with E-state index in [9.17, 15) is 5.11 Å². The van der Waals surface area contributed by atoms with Gasteiger partial charge >= 0.3 is 0 Å². The minimum absolute atomic E-state index is 0.376. The molecule has 1 aliphatic heterocycles. The molecule has 1 aromatic carbocycles. The average molecular weight is 177 g/mol. The van der Waals surface area contributed by atoms with Crippen molar-refractivity contribution in [1.82, 2.24) is 0 Å². The van der Waals surface area contributed by atoms with Gasteiger partial charge in [-0.25, -0.2) is 0 Å². The number of benzene rings is 1. The molecule has 0 fully saturated rings. The molecule has 13 heavy (non-hydrogen) atoms. The van der Waals surface area contributed by atoms with Crippen molar-refractivity contribution < 1.29 is 5.11 Å². The van der Waals surface area contributed by atoms with Crippen LogP contribution in [-0.2, 0) is 6.42 Å². The fourth-order valence-corrected chi connectivity index (χ4v) is 1.80. The Morgan fingerprint density at radius 2 is 2.08 bits per heavy atom. The fraction of sp³-hybridized carbons (Fsp3) is 0.455. The topological polar surface area (TPSA) is 32.3 Å². The molecule has 2 heteroatoms. The van der Waals surface area contributed by atoms with E-state index in [-0.39, 0.29) is 0 Å². The van der Waals surface area contributed by atoms with Crippen molar-refractivity contribution in [2.45, 2.75) is 25.7 Å². The van der Waals surface area contributed by atoms with E-state index in [0.29, 0.717) is 5.75 Å². The van der Waals surface area contributed by atoms with Crippen LogP contribution >= 0.6 is 0 Å². The summed E-state index contributed by atoms with van der Waals surface area (Å²) in [7, 11) is 0. The summed E-state index contributed by atoms with van der Waals surface area (Å²) in [4.78, 5) is 0. The van der Waals surface area contributed by atoms with Crippen LogP contribution in [0.1, 0.15) is 24.8 Å². The van der Waals surface area contributed by atoms with Gasteiger partial charge in [-0.05, 0) is 43.0 Å². The first kappa shape index (κ1) is 8.42. The van der Waals surface area contributed by atoms with Crippen molar-refractivity contribution in [2.24, 2.45) is 0 Å². The lowest BCUT2D eigenvalue weighted by Gasteiger charge is -2.15. The van der Waals surface area contributed by atoms with E-state index in [0.717, 1.165) is 13.0 Å². The molecule has 0 amide bonds. The van der Waals surface area contributed by atoms with Crippen LogP contribution < -0.4 is 5.32 Å². The maximum absolute atomic E-state index is 9.32. The first-order chi connectivity index (χ1) is 6.36. The van der Waals surface area contributed by atoms with Gasteiger partial charge in [0, 0.05) is 12.2 Å². The zero-order valence-electron chi connectivity index (χ0n) is 7.71. The molecule has 70 valence electrons. The molecule has 2 nitrogen and oxygen atoms in total. The summed E-state index contributed by atoms with van der Waals surface area (Å²) in [5.41, 5.74) is 2.44. The van der Waals surface area contributed by atoms with Crippen LogP contribution in [0.15, 0.2) is 18.2 Å². The summed E-state index contributed by atoms with van der Waals surface area (Å²) in [5.74, 6) is 0.376. The third kappa shape index (κ3) is 1.94. The Balaban J connectivity index is 2.28. The van der Waals surface area contributed by atoms with E-state index in [1.165, 1.54) is 30.5 Å². The van der Waals surface area contributed by atoms with Crippen molar-refractivity contribution in [3.8, 4) is 5.75 Å². The molecule has 0 aliphatic carbocycles. The number of nitrogens with one attached hydrogen (secondary N) is 1. The molecular formula is C11H15NO. The van der Waals surface area contributed by atoms with Crippen LogP contribution in [0, 0.1) is 0 Å². The highest BCUT2D eigenvalue weighted by molar-refractivity contribution is 5.54. The minimum Gasteiger partial charge on any atom is -0.508 e. The van der Waals surface area contributed by atoms with Crippen LogP contribution in [0.3, 0.4) is 0 Å². The summed E-state index contributed by atoms with van der Waals surface area (Å²) in [6.07, 6.45) is 4.84. The van der Waals surface area contributed by atoms with Gasteiger partial charge in [0.2, 0.25) is 0 Å². The number of phenolic OH excluding ortho intramolecular Hbond substituents is 1. The van der Waals surface area contributed by atoms with Gasteiger partial charge in [-0.15, -0.1) is 0 Å². The predicted molar refractivity (Wildman–Crippen MR) is 54.2 cm³/mol. The van der Waals surface area contributed by atoms with Gasteiger partial charge in [0.25, 0.3) is 0 Å². The normalized spacial score (nSPS) is 16.6. The Morgan fingerprint density at radius 3 is 3.00 bits per heavy atom. The molecular weight excluding hydrogens is 162 g/mol. The lowest BCUT2D eigenvalue weighted by molar-refractivity contribution is 0.474. The van der Waals surface area contributed by atoms with Crippen LogP contribution in [0.2, 0.25) is 0 Å². The second-order valence-corrected chi connectivity index (χ2v) is 3.58. The van der Waals surface area contributed by atoms with Gasteiger partial charge in [0.15, 0.2) is 0 Å². The summed E-state index contributed by atoms with van der Waals surface area (Å²) in [6, 6.07) is 5.58. The van der Waals surface area contributed by atoms with E-state index >= 15 is 0 Å². The molecule has 2 N–H and O–H groups in total. The minimum atomic E-state index is 0.376. The van der Waals surface area contributed by atoms with Gasteiger partial charge in [0.1, 0.15) is 5.75 Å². The largest absolute Gasteiger partial charge is 0.508 e. The second kappa shape index (κ2) is 3.69. The Hall–Kier alpha value is -1.18.